The van der Waals surface area contributed by atoms with Crippen molar-refractivity contribution in [3.8, 4) is 0 Å². The van der Waals surface area contributed by atoms with Gasteiger partial charge < -0.3 is 5.32 Å². The number of hydrogen-bond donors (Lipinski definition) is 1. The van der Waals surface area contributed by atoms with Gasteiger partial charge in [-0.25, -0.2) is 9.97 Å². The molecular weight excluding hydrogens is 338 g/mol. The van der Waals surface area contributed by atoms with Crippen molar-refractivity contribution < 1.29 is 4.79 Å². The molecule has 6 heteroatoms. The van der Waals surface area contributed by atoms with Gasteiger partial charge in [0.25, 0.3) is 0 Å². The van der Waals surface area contributed by atoms with Crippen LogP contribution in [0.3, 0.4) is 0 Å². The fraction of sp³-hybridized carbons (Fsp3) is 0.167. The molecule has 0 aliphatic carbocycles. The van der Waals surface area contributed by atoms with Gasteiger partial charge in [0.1, 0.15) is 11.4 Å². The summed E-state index contributed by atoms with van der Waals surface area (Å²) in [4.78, 5) is 22.2. The van der Waals surface area contributed by atoms with E-state index in [0.717, 1.165) is 26.5 Å². The van der Waals surface area contributed by atoms with E-state index in [2.05, 4.69) is 15.3 Å². The van der Waals surface area contributed by atoms with Crippen LogP contribution in [-0.2, 0) is 4.79 Å². The Morgan fingerprint density at radius 1 is 1.08 bits per heavy atom. The zero-order valence-electron chi connectivity index (χ0n) is 13.4. The Hall–Kier alpha value is -2.05. The van der Waals surface area contributed by atoms with Crippen molar-refractivity contribution in [2.24, 2.45) is 0 Å². The van der Waals surface area contributed by atoms with Crippen LogP contribution >= 0.6 is 23.5 Å². The number of benzene rings is 2. The maximum absolute atomic E-state index is 12.5. The van der Waals surface area contributed by atoms with Crippen LogP contribution in [0.15, 0.2) is 64.8 Å². The molecule has 1 amide bonds. The molecule has 0 aliphatic rings. The lowest BCUT2D eigenvalue weighted by Gasteiger charge is -2.14. The molecule has 3 rings (SSSR count). The SMILES string of the molecule is CSc1ccccc1NC(=O)C(C)Sc1ncnc2ccccc12. The van der Waals surface area contributed by atoms with Gasteiger partial charge in [-0.2, -0.15) is 0 Å². The molecule has 0 saturated carbocycles. The van der Waals surface area contributed by atoms with E-state index in [0.29, 0.717) is 0 Å². The Kier molecular flexibility index (Phi) is 5.37. The zero-order chi connectivity index (χ0) is 16.9. The quantitative estimate of drug-likeness (QED) is 0.540. The topological polar surface area (TPSA) is 54.9 Å². The summed E-state index contributed by atoms with van der Waals surface area (Å²) in [5.74, 6) is -0.0378. The zero-order valence-corrected chi connectivity index (χ0v) is 15.0. The van der Waals surface area contributed by atoms with Gasteiger partial charge in [-0.1, -0.05) is 42.1 Å². The van der Waals surface area contributed by atoms with Crippen molar-refractivity contribution >= 4 is 46.0 Å². The third-order valence-corrected chi connectivity index (χ3v) is 5.44. The van der Waals surface area contributed by atoms with E-state index in [4.69, 9.17) is 0 Å². The Labute approximate surface area is 149 Å². The van der Waals surface area contributed by atoms with Gasteiger partial charge in [0, 0.05) is 10.3 Å². The molecule has 1 heterocycles. The Morgan fingerprint density at radius 2 is 1.83 bits per heavy atom. The Bertz CT molecular complexity index is 864. The second-order valence-electron chi connectivity index (χ2n) is 5.15. The largest absolute Gasteiger partial charge is 0.324 e. The number of para-hydroxylation sites is 2. The summed E-state index contributed by atoms with van der Waals surface area (Å²) in [6, 6.07) is 15.6. The van der Waals surface area contributed by atoms with Gasteiger partial charge >= 0.3 is 0 Å². The summed E-state index contributed by atoms with van der Waals surface area (Å²) in [6.07, 6.45) is 3.54. The van der Waals surface area contributed by atoms with Crippen molar-refractivity contribution in [3.05, 3.63) is 54.9 Å². The Morgan fingerprint density at radius 3 is 2.67 bits per heavy atom. The first-order valence-electron chi connectivity index (χ1n) is 7.49. The standard InChI is InChI=1S/C18H17N3OS2/c1-12(17(22)21-15-9-5-6-10-16(15)23-2)24-18-13-7-3-4-8-14(13)19-11-20-18/h3-12H,1-2H3,(H,21,22). The number of carbonyl (C=O) groups is 1. The van der Waals surface area contributed by atoms with Crippen molar-refractivity contribution in [3.63, 3.8) is 0 Å². The second-order valence-corrected chi connectivity index (χ2v) is 7.32. The molecule has 4 nitrogen and oxygen atoms in total. The smallest absolute Gasteiger partial charge is 0.237 e. The van der Waals surface area contributed by atoms with E-state index in [-0.39, 0.29) is 11.2 Å². The highest BCUT2D eigenvalue weighted by atomic mass is 32.2. The lowest BCUT2D eigenvalue weighted by atomic mass is 10.2. The minimum atomic E-state index is -0.266. The van der Waals surface area contributed by atoms with Gasteiger partial charge in [0.05, 0.1) is 16.5 Å². The molecule has 3 aromatic rings. The number of amides is 1. The molecule has 1 unspecified atom stereocenters. The first-order chi connectivity index (χ1) is 11.7. The number of rotatable bonds is 5. The van der Waals surface area contributed by atoms with Crippen LogP contribution in [0.25, 0.3) is 10.9 Å². The number of anilines is 1. The highest BCUT2D eigenvalue weighted by Crippen LogP contribution is 2.29. The minimum absolute atomic E-state index is 0.0378. The van der Waals surface area contributed by atoms with Gasteiger partial charge in [0.15, 0.2) is 0 Å². The highest BCUT2D eigenvalue weighted by molar-refractivity contribution is 8.00. The predicted octanol–water partition coefficient (Wildman–Crippen LogP) is 4.47. The summed E-state index contributed by atoms with van der Waals surface area (Å²) in [6.45, 7) is 1.89. The molecule has 1 atom stereocenters. The summed E-state index contributed by atoms with van der Waals surface area (Å²) < 4.78 is 0. The van der Waals surface area contributed by atoms with Gasteiger partial charge in [-0.05, 0) is 31.4 Å². The molecule has 1 aromatic heterocycles. The predicted molar refractivity (Wildman–Crippen MR) is 102 cm³/mol. The number of fused-ring (bicyclic) bond motifs is 1. The molecule has 24 heavy (non-hydrogen) atoms. The third-order valence-electron chi connectivity index (χ3n) is 3.53. The number of nitrogens with zero attached hydrogens (tertiary/aromatic N) is 2. The summed E-state index contributed by atoms with van der Waals surface area (Å²) >= 11 is 3.06. The second kappa shape index (κ2) is 7.68. The van der Waals surface area contributed by atoms with Crippen molar-refractivity contribution in [1.29, 1.82) is 0 Å². The van der Waals surface area contributed by atoms with Crippen molar-refractivity contribution in [2.75, 3.05) is 11.6 Å². The fourth-order valence-corrected chi connectivity index (χ4v) is 3.74. The van der Waals surface area contributed by atoms with Gasteiger partial charge in [0.2, 0.25) is 5.91 Å². The van der Waals surface area contributed by atoms with Gasteiger partial charge in [-0.15, -0.1) is 11.8 Å². The van der Waals surface area contributed by atoms with E-state index in [1.54, 1.807) is 11.8 Å². The van der Waals surface area contributed by atoms with Crippen molar-refractivity contribution in [2.45, 2.75) is 22.1 Å². The third kappa shape index (κ3) is 3.71. The lowest BCUT2D eigenvalue weighted by Crippen LogP contribution is -2.22. The summed E-state index contributed by atoms with van der Waals surface area (Å²) in [7, 11) is 0. The van der Waals surface area contributed by atoms with Crippen LogP contribution in [0.1, 0.15) is 6.92 Å². The number of nitrogens with one attached hydrogen (secondary N) is 1. The molecule has 0 radical (unpaired) electrons. The Balaban J connectivity index is 1.76. The molecule has 0 bridgehead atoms. The van der Waals surface area contributed by atoms with E-state index in [9.17, 15) is 4.79 Å². The molecule has 0 saturated heterocycles. The first kappa shape index (κ1) is 16.8. The van der Waals surface area contributed by atoms with E-state index in [1.165, 1.54) is 18.1 Å². The monoisotopic (exact) mass is 355 g/mol. The average molecular weight is 355 g/mol. The molecule has 2 aromatic carbocycles. The van der Waals surface area contributed by atoms with Gasteiger partial charge in [-0.3, -0.25) is 4.79 Å². The number of hydrogen-bond acceptors (Lipinski definition) is 5. The van der Waals surface area contributed by atoms with E-state index in [1.807, 2.05) is 61.7 Å². The number of carbonyl (C=O) groups excluding carboxylic acids is 1. The van der Waals surface area contributed by atoms with Crippen LogP contribution in [0.4, 0.5) is 5.69 Å². The molecule has 0 aliphatic heterocycles. The molecule has 0 spiro atoms. The highest BCUT2D eigenvalue weighted by Gasteiger charge is 2.17. The lowest BCUT2D eigenvalue weighted by molar-refractivity contribution is -0.115. The maximum Gasteiger partial charge on any atom is 0.237 e. The molecule has 0 fully saturated rings. The maximum atomic E-state index is 12.5. The van der Waals surface area contributed by atoms with Crippen LogP contribution in [0.5, 0.6) is 0 Å². The number of thioether (sulfide) groups is 2. The molecule has 1 N–H and O–H groups in total. The fourth-order valence-electron chi connectivity index (χ4n) is 2.28. The van der Waals surface area contributed by atoms with Crippen LogP contribution in [-0.4, -0.2) is 27.4 Å². The average Bonchev–Trinajstić information content (AvgIpc) is 2.62. The van der Waals surface area contributed by atoms with E-state index >= 15 is 0 Å². The van der Waals surface area contributed by atoms with E-state index < -0.39 is 0 Å². The van der Waals surface area contributed by atoms with Crippen LogP contribution in [0.2, 0.25) is 0 Å². The summed E-state index contributed by atoms with van der Waals surface area (Å²) in [5.41, 5.74) is 1.73. The first-order valence-corrected chi connectivity index (χ1v) is 9.60. The summed E-state index contributed by atoms with van der Waals surface area (Å²) in [5, 5.41) is 4.53. The van der Waals surface area contributed by atoms with Crippen LogP contribution in [0, 0.1) is 0 Å². The minimum Gasteiger partial charge on any atom is -0.324 e. The molecule has 122 valence electrons. The van der Waals surface area contributed by atoms with Crippen LogP contribution < -0.4 is 5.32 Å². The normalized spacial score (nSPS) is 12.1. The molecular formula is C18H17N3OS2. The number of aromatic nitrogens is 2. The van der Waals surface area contributed by atoms with Crippen molar-refractivity contribution in [1.82, 2.24) is 9.97 Å².